The highest BCUT2D eigenvalue weighted by Crippen LogP contribution is 2.25. The number of carbonyl (C=O) groups is 1. The molecule has 1 N–H and O–H groups in total. The van der Waals surface area contributed by atoms with Crippen molar-refractivity contribution in [2.24, 2.45) is 0 Å². The van der Waals surface area contributed by atoms with Crippen molar-refractivity contribution < 1.29 is 9.53 Å². The van der Waals surface area contributed by atoms with Gasteiger partial charge in [0.05, 0.1) is 11.9 Å². The molecule has 0 aliphatic carbocycles. The zero-order valence-corrected chi connectivity index (χ0v) is 13.6. The molecule has 3 rings (SSSR count). The number of pyridine rings is 1. The second-order valence-corrected chi connectivity index (χ2v) is 5.43. The minimum atomic E-state index is -0.774. The fourth-order valence-corrected chi connectivity index (χ4v) is 2.19. The number of hydrogen-bond acceptors (Lipinski definition) is 4. The molecule has 0 bridgehead atoms. The van der Waals surface area contributed by atoms with Gasteiger partial charge in [-0.2, -0.15) is 0 Å². The number of hydrogen-bond donors (Lipinski definition) is 1. The second-order valence-electron chi connectivity index (χ2n) is 5.03. The second kappa shape index (κ2) is 7.14. The maximum Gasteiger partial charge on any atom is 0.266 e. The molecular formula is C17H15ClN4O2. The minimum absolute atomic E-state index is 0.198. The van der Waals surface area contributed by atoms with E-state index in [1.165, 1.54) is 0 Å². The smallest absolute Gasteiger partial charge is 0.266 e. The maximum atomic E-state index is 12.2. The van der Waals surface area contributed by atoms with Crippen LogP contribution in [0, 0.1) is 0 Å². The van der Waals surface area contributed by atoms with Gasteiger partial charge in [-0.3, -0.25) is 4.79 Å². The topological polar surface area (TPSA) is 69.0 Å². The number of nitrogens with one attached hydrogen (secondary N) is 1. The van der Waals surface area contributed by atoms with Crippen LogP contribution in [0.25, 0.3) is 5.69 Å². The largest absolute Gasteiger partial charge is 0.462 e. The van der Waals surface area contributed by atoms with Crippen molar-refractivity contribution in [1.29, 1.82) is 0 Å². The van der Waals surface area contributed by atoms with Crippen LogP contribution >= 0.6 is 11.6 Å². The molecule has 0 spiro atoms. The average molecular weight is 343 g/mol. The number of amides is 1. The van der Waals surface area contributed by atoms with E-state index in [0.717, 1.165) is 5.69 Å². The summed E-state index contributed by atoms with van der Waals surface area (Å²) in [5.41, 5.74) is 0.847. The Morgan fingerprint density at radius 3 is 2.67 bits per heavy atom. The molecule has 0 unspecified atom stereocenters. The highest BCUT2D eigenvalue weighted by Gasteiger charge is 2.19. The quantitative estimate of drug-likeness (QED) is 0.772. The van der Waals surface area contributed by atoms with Crippen molar-refractivity contribution in [3.63, 3.8) is 0 Å². The molecule has 7 heteroatoms. The fraction of sp³-hybridized carbons (Fsp3) is 0.118. The van der Waals surface area contributed by atoms with E-state index >= 15 is 0 Å². The molecular weight excluding hydrogens is 328 g/mol. The number of carbonyl (C=O) groups excluding carboxylic acids is 1. The predicted octanol–water partition coefficient (Wildman–Crippen LogP) is 3.33. The van der Waals surface area contributed by atoms with Crippen LogP contribution in [0.3, 0.4) is 0 Å². The standard InChI is InChI=1S/C17H15ClN4O2/c1-12(16(23)20-15-9-5-6-10-19-15)24-17-14(18)11-22(21-17)13-7-3-2-4-8-13/h2-12H,1H3,(H,19,20,23)/t12-/m1/s1. The van der Waals surface area contributed by atoms with Crippen LogP contribution in [0.4, 0.5) is 5.82 Å². The summed E-state index contributed by atoms with van der Waals surface area (Å²) in [5, 5.41) is 7.27. The van der Waals surface area contributed by atoms with Crippen molar-refractivity contribution in [2.45, 2.75) is 13.0 Å². The van der Waals surface area contributed by atoms with Gasteiger partial charge in [0, 0.05) is 6.20 Å². The third-order valence-electron chi connectivity index (χ3n) is 3.23. The van der Waals surface area contributed by atoms with E-state index < -0.39 is 6.10 Å². The zero-order valence-electron chi connectivity index (χ0n) is 12.9. The number of ether oxygens (including phenoxy) is 1. The molecule has 3 aromatic rings. The first-order valence-corrected chi connectivity index (χ1v) is 7.70. The highest BCUT2D eigenvalue weighted by molar-refractivity contribution is 6.31. The molecule has 0 aliphatic rings. The number of rotatable bonds is 5. The van der Waals surface area contributed by atoms with Crippen LogP contribution in [0.5, 0.6) is 5.88 Å². The normalized spacial score (nSPS) is 11.8. The monoisotopic (exact) mass is 342 g/mol. The number of benzene rings is 1. The van der Waals surface area contributed by atoms with Crippen molar-refractivity contribution in [2.75, 3.05) is 5.32 Å². The van der Waals surface area contributed by atoms with Gasteiger partial charge in [-0.25, -0.2) is 9.67 Å². The summed E-state index contributed by atoms with van der Waals surface area (Å²) in [5.74, 6) is 0.321. The SMILES string of the molecule is C[C@@H](Oc1nn(-c2ccccc2)cc1Cl)C(=O)Nc1ccccn1. The summed E-state index contributed by atoms with van der Waals surface area (Å²) >= 11 is 6.15. The number of halogens is 1. The zero-order chi connectivity index (χ0) is 16.9. The predicted molar refractivity (Wildman–Crippen MR) is 91.5 cm³/mol. The van der Waals surface area contributed by atoms with Gasteiger partial charge in [0.2, 0.25) is 0 Å². The molecule has 0 fully saturated rings. The van der Waals surface area contributed by atoms with Crippen molar-refractivity contribution in [3.05, 3.63) is 65.9 Å². The summed E-state index contributed by atoms with van der Waals surface area (Å²) in [6.45, 7) is 1.62. The van der Waals surface area contributed by atoms with Crippen molar-refractivity contribution >= 4 is 23.3 Å². The summed E-state index contributed by atoms with van der Waals surface area (Å²) in [6.07, 6.45) is 2.46. The lowest BCUT2D eigenvalue weighted by molar-refractivity contribution is -0.122. The van der Waals surface area contributed by atoms with Gasteiger partial charge in [-0.1, -0.05) is 35.9 Å². The van der Waals surface area contributed by atoms with E-state index in [4.69, 9.17) is 16.3 Å². The van der Waals surface area contributed by atoms with Gasteiger partial charge >= 0.3 is 0 Å². The molecule has 24 heavy (non-hydrogen) atoms. The van der Waals surface area contributed by atoms with E-state index in [2.05, 4.69) is 15.4 Å². The Hall–Kier alpha value is -2.86. The summed E-state index contributed by atoms with van der Waals surface area (Å²) in [4.78, 5) is 16.2. The lowest BCUT2D eigenvalue weighted by atomic mass is 10.3. The first kappa shape index (κ1) is 16.0. The maximum absolute atomic E-state index is 12.2. The van der Waals surface area contributed by atoms with Crippen LogP contribution in [-0.4, -0.2) is 26.8 Å². The molecule has 2 heterocycles. The Labute approximate surface area is 144 Å². The average Bonchev–Trinajstić information content (AvgIpc) is 2.97. The molecule has 0 radical (unpaired) electrons. The Kier molecular flexibility index (Phi) is 4.77. The van der Waals surface area contributed by atoms with Crippen LogP contribution in [0.15, 0.2) is 60.9 Å². The highest BCUT2D eigenvalue weighted by atomic mass is 35.5. The first-order valence-electron chi connectivity index (χ1n) is 7.32. The third kappa shape index (κ3) is 3.72. The summed E-state index contributed by atoms with van der Waals surface area (Å²) < 4.78 is 7.18. The van der Waals surface area contributed by atoms with Crippen molar-refractivity contribution in [1.82, 2.24) is 14.8 Å². The number of anilines is 1. The van der Waals surface area contributed by atoms with Crippen LogP contribution in [0.2, 0.25) is 5.02 Å². The number of para-hydroxylation sites is 1. The summed E-state index contributed by atoms with van der Waals surface area (Å²) in [6, 6.07) is 14.7. The van der Waals surface area contributed by atoms with Gasteiger partial charge < -0.3 is 10.1 Å². The van der Waals surface area contributed by atoms with Crippen LogP contribution in [-0.2, 0) is 4.79 Å². The summed E-state index contributed by atoms with van der Waals surface area (Å²) in [7, 11) is 0. The number of nitrogens with zero attached hydrogens (tertiary/aromatic N) is 3. The van der Waals surface area contributed by atoms with Gasteiger partial charge in [0.25, 0.3) is 11.8 Å². The first-order chi connectivity index (χ1) is 11.6. The molecule has 1 aromatic carbocycles. The molecule has 0 saturated heterocycles. The van der Waals surface area contributed by atoms with E-state index in [9.17, 15) is 4.79 Å². The van der Waals surface area contributed by atoms with Gasteiger partial charge in [-0.15, -0.1) is 5.10 Å². The van der Waals surface area contributed by atoms with Gasteiger partial charge in [-0.05, 0) is 31.2 Å². The Bertz CT molecular complexity index is 821. The van der Waals surface area contributed by atoms with E-state index in [1.54, 1.807) is 42.2 Å². The lowest BCUT2D eigenvalue weighted by Gasteiger charge is -2.12. The van der Waals surface area contributed by atoms with Gasteiger partial charge in [0.15, 0.2) is 6.10 Å². The lowest BCUT2D eigenvalue weighted by Crippen LogP contribution is -2.30. The van der Waals surface area contributed by atoms with E-state index in [0.29, 0.717) is 10.8 Å². The number of aromatic nitrogens is 3. The van der Waals surface area contributed by atoms with Gasteiger partial charge in [0.1, 0.15) is 10.8 Å². The minimum Gasteiger partial charge on any atom is -0.462 e. The Morgan fingerprint density at radius 2 is 1.96 bits per heavy atom. The van der Waals surface area contributed by atoms with Crippen LogP contribution < -0.4 is 10.1 Å². The molecule has 1 atom stereocenters. The Balaban J connectivity index is 1.69. The molecule has 0 saturated carbocycles. The molecule has 0 aliphatic heterocycles. The molecule has 1 amide bonds. The molecule has 122 valence electrons. The van der Waals surface area contributed by atoms with Crippen LogP contribution in [0.1, 0.15) is 6.92 Å². The third-order valence-corrected chi connectivity index (χ3v) is 3.49. The van der Waals surface area contributed by atoms with E-state index in [-0.39, 0.29) is 11.8 Å². The van der Waals surface area contributed by atoms with E-state index in [1.807, 2.05) is 30.3 Å². The molecule has 2 aromatic heterocycles. The molecule has 6 nitrogen and oxygen atoms in total. The fourth-order valence-electron chi connectivity index (χ4n) is 2.02. The van der Waals surface area contributed by atoms with Crippen molar-refractivity contribution in [3.8, 4) is 11.6 Å². The Morgan fingerprint density at radius 1 is 1.21 bits per heavy atom.